The number of hydrogen-bond acceptors (Lipinski definition) is 5. The van der Waals surface area contributed by atoms with E-state index < -0.39 is 0 Å². The first kappa shape index (κ1) is 25.9. The molecular formula is C33H36N2O3S. The molecule has 0 saturated carbocycles. The van der Waals surface area contributed by atoms with Crippen molar-refractivity contribution in [1.82, 2.24) is 10.2 Å². The largest absolute Gasteiger partial charge is 0.492 e. The highest BCUT2D eigenvalue weighted by molar-refractivity contribution is 7.22. The monoisotopic (exact) mass is 540 g/mol. The molecule has 4 aromatic rings. The molecule has 0 aliphatic carbocycles. The predicted octanol–water partition coefficient (Wildman–Crippen LogP) is 6.60. The molecule has 6 rings (SSSR count). The Morgan fingerprint density at radius 1 is 1.00 bits per heavy atom. The van der Waals surface area contributed by atoms with Gasteiger partial charge in [0.05, 0.1) is 6.04 Å². The third kappa shape index (κ3) is 6.13. The first-order valence-corrected chi connectivity index (χ1v) is 14.9. The van der Waals surface area contributed by atoms with E-state index in [9.17, 15) is 4.79 Å². The Morgan fingerprint density at radius 3 is 2.59 bits per heavy atom. The Labute approximate surface area is 234 Å². The summed E-state index contributed by atoms with van der Waals surface area (Å²) in [6.45, 7) is 6.77. The number of likely N-dealkylation sites (tertiary alicyclic amines) is 1. The second-order valence-corrected chi connectivity index (χ2v) is 11.8. The van der Waals surface area contributed by atoms with Gasteiger partial charge in [0.15, 0.2) is 0 Å². The molecule has 6 heteroatoms. The molecule has 0 unspecified atom stereocenters. The smallest absolute Gasteiger partial charge is 0.220 e. The minimum absolute atomic E-state index is 0.104. The van der Waals surface area contributed by atoms with Crippen LogP contribution in [0.25, 0.3) is 20.5 Å². The number of rotatable bonds is 10. The first-order valence-electron chi connectivity index (χ1n) is 14.1. The molecule has 2 fully saturated rings. The summed E-state index contributed by atoms with van der Waals surface area (Å²) < 4.78 is 13.4. The van der Waals surface area contributed by atoms with Crippen molar-refractivity contribution in [2.45, 2.75) is 45.1 Å². The summed E-state index contributed by atoms with van der Waals surface area (Å²) in [6.07, 6.45) is 4.92. The number of carbonyl (C=O) groups excluding carboxylic acids is 1. The molecule has 3 heterocycles. The molecular weight excluding hydrogens is 504 g/mol. The zero-order valence-electron chi connectivity index (χ0n) is 22.6. The molecule has 1 amide bonds. The average Bonchev–Trinajstić information content (AvgIpc) is 3.70. The number of thiophene rings is 1. The van der Waals surface area contributed by atoms with Crippen LogP contribution < -0.4 is 14.8 Å². The van der Waals surface area contributed by atoms with Crippen LogP contribution in [-0.4, -0.2) is 49.7 Å². The second-order valence-electron chi connectivity index (χ2n) is 10.7. The molecule has 39 heavy (non-hydrogen) atoms. The zero-order valence-corrected chi connectivity index (χ0v) is 23.4. The number of carbonyl (C=O) groups is 1. The molecule has 2 aliphatic rings. The normalized spacial score (nSPS) is 17.6. The third-order valence-corrected chi connectivity index (χ3v) is 9.10. The molecule has 2 aliphatic heterocycles. The van der Waals surface area contributed by atoms with E-state index in [0.717, 1.165) is 43.1 Å². The number of nitrogens with one attached hydrogen (secondary N) is 1. The molecule has 1 aromatic heterocycles. The maximum Gasteiger partial charge on any atom is 0.220 e. The Bertz CT molecular complexity index is 1440. The second kappa shape index (κ2) is 11.8. The van der Waals surface area contributed by atoms with E-state index in [1.807, 2.05) is 11.3 Å². The van der Waals surface area contributed by atoms with Crippen molar-refractivity contribution < 1.29 is 14.3 Å². The number of hydrogen-bond donors (Lipinski definition) is 1. The van der Waals surface area contributed by atoms with Gasteiger partial charge >= 0.3 is 0 Å². The maximum atomic E-state index is 11.5. The van der Waals surface area contributed by atoms with Gasteiger partial charge in [-0.3, -0.25) is 9.69 Å². The van der Waals surface area contributed by atoms with Crippen molar-refractivity contribution in [2.75, 3.05) is 32.8 Å². The summed E-state index contributed by atoms with van der Waals surface area (Å²) in [7, 11) is 0. The summed E-state index contributed by atoms with van der Waals surface area (Å²) in [4.78, 5) is 15.3. The predicted molar refractivity (Wildman–Crippen MR) is 159 cm³/mol. The summed E-state index contributed by atoms with van der Waals surface area (Å²) in [5.41, 5.74) is 4.96. The Morgan fingerprint density at radius 2 is 1.82 bits per heavy atom. The van der Waals surface area contributed by atoms with Gasteiger partial charge in [-0.1, -0.05) is 30.3 Å². The fraction of sp³-hybridized carbons (Fsp3) is 0.364. The SMILES string of the molecule is Cc1cc(-c2sc3ccccc3c2Cc2ccc(OCCN3CCCC3)cc2)ccc1OC[C@H]1CCC(=O)N1. The van der Waals surface area contributed by atoms with Gasteiger partial charge in [-0.2, -0.15) is 0 Å². The molecule has 0 bridgehead atoms. The number of ether oxygens (including phenoxy) is 2. The summed E-state index contributed by atoms with van der Waals surface area (Å²) in [5.74, 6) is 1.94. The number of fused-ring (bicyclic) bond motifs is 1. The van der Waals surface area contributed by atoms with Gasteiger partial charge in [0.1, 0.15) is 24.7 Å². The van der Waals surface area contributed by atoms with E-state index in [1.165, 1.54) is 57.6 Å². The highest BCUT2D eigenvalue weighted by atomic mass is 32.1. The molecule has 5 nitrogen and oxygen atoms in total. The summed E-state index contributed by atoms with van der Waals surface area (Å²) >= 11 is 1.85. The molecule has 2 saturated heterocycles. The van der Waals surface area contributed by atoms with Gasteiger partial charge in [-0.05, 0) is 110 Å². The maximum absolute atomic E-state index is 11.5. The molecule has 1 N–H and O–H groups in total. The molecule has 0 spiro atoms. The lowest BCUT2D eigenvalue weighted by Gasteiger charge is -2.15. The summed E-state index contributed by atoms with van der Waals surface area (Å²) in [6, 6.07) is 23.9. The number of benzene rings is 3. The number of aryl methyl sites for hydroxylation is 1. The topological polar surface area (TPSA) is 50.8 Å². The van der Waals surface area contributed by atoms with Crippen LogP contribution in [-0.2, 0) is 11.2 Å². The van der Waals surface area contributed by atoms with E-state index in [-0.39, 0.29) is 11.9 Å². The Hall–Kier alpha value is -3.35. The van der Waals surface area contributed by atoms with Gasteiger partial charge < -0.3 is 14.8 Å². The van der Waals surface area contributed by atoms with Gasteiger partial charge in [0.2, 0.25) is 5.91 Å². The highest BCUT2D eigenvalue weighted by Gasteiger charge is 2.21. The van der Waals surface area contributed by atoms with Gasteiger partial charge in [0, 0.05) is 22.5 Å². The molecule has 202 valence electrons. The zero-order chi connectivity index (χ0) is 26.6. The highest BCUT2D eigenvalue weighted by Crippen LogP contribution is 2.41. The first-order chi connectivity index (χ1) is 19.1. The standard InChI is InChI=1S/C33H36N2O3S/c1-23-20-25(10-14-30(23)38-22-26-11-15-32(36)34-26)33-29(28-6-2-3-7-31(28)39-33)21-24-8-12-27(13-9-24)37-19-18-35-16-4-5-17-35/h2-3,6-10,12-14,20,26H,4-5,11,15-19,21-22H2,1H3,(H,34,36)/t26-/m1/s1. The fourth-order valence-corrected chi connectivity index (χ4v) is 6.88. The molecule has 3 aromatic carbocycles. The van der Waals surface area contributed by atoms with Crippen molar-refractivity contribution >= 4 is 27.3 Å². The van der Waals surface area contributed by atoms with Crippen LogP contribution in [0, 0.1) is 6.92 Å². The number of nitrogens with zero attached hydrogens (tertiary/aromatic N) is 1. The molecule has 0 radical (unpaired) electrons. The van der Waals surface area contributed by atoms with Crippen molar-refractivity contribution in [3.63, 3.8) is 0 Å². The lowest BCUT2D eigenvalue weighted by Crippen LogP contribution is -2.30. The molecule has 1 atom stereocenters. The van der Waals surface area contributed by atoms with Gasteiger partial charge in [-0.25, -0.2) is 0 Å². The average molecular weight is 541 g/mol. The van der Waals surface area contributed by atoms with Crippen LogP contribution in [0.5, 0.6) is 11.5 Å². The Kier molecular flexibility index (Phi) is 7.84. The quantitative estimate of drug-likeness (QED) is 0.246. The van der Waals surface area contributed by atoms with Crippen LogP contribution >= 0.6 is 11.3 Å². The fourth-order valence-electron chi connectivity index (χ4n) is 5.66. The summed E-state index contributed by atoms with van der Waals surface area (Å²) in [5, 5.41) is 4.30. The lowest BCUT2D eigenvalue weighted by atomic mass is 9.98. The van der Waals surface area contributed by atoms with Crippen LogP contribution in [0.3, 0.4) is 0 Å². The van der Waals surface area contributed by atoms with Crippen LogP contribution in [0.2, 0.25) is 0 Å². The van der Waals surface area contributed by atoms with Crippen molar-refractivity contribution in [1.29, 1.82) is 0 Å². The van der Waals surface area contributed by atoms with E-state index in [0.29, 0.717) is 13.0 Å². The third-order valence-electron chi connectivity index (χ3n) is 7.84. The van der Waals surface area contributed by atoms with Crippen LogP contribution in [0.1, 0.15) is 42.4 Å². The minimum atomic E-state index is 0.104. The van der Waals surface area contributed by atoms with Gasteiger partial charge in [-0.15, -0.1) is 11.3 Å². The van der Waals surface area contributed by atoms with Crippen molar-refractivity contribution in [3.8, 4) is 21.9 Å². The van der Waals surface area contributed by atoms with Crippen molar-refractivity contribution in [2.24, 2.45) is 0 Å². The van der Waals surface area contributed by atoms with E-state index in [2.05, 4.69) is 83.9 Å². The Balaban J connectivity index is 1.18. The van der Waals surface area contributed by atoms with Crippen LogP contribution in [0.4, 0.5) is 0 Å². The van der Waals surface area contributed by atoms with Crippen LogP contribution in [0.15, 0.2) is 66.7 Å². The lowest BCUT2D eigenvalue weighted by molar-refractivity contribution is -0.119. The van der Waals surface area contributed by atoms with Crippen molar-refractivity contribution in [3.05, 3.63) is 83.4 Å². The van der Waals surface area contributed by atoms with Gasteiger partial charge in [0.25, 0.3) is 0 Å². The van der Waals surface area contributed by atoms with E-state index in [1.54, 1.807) is 0 Å². The minimum Gasteiger partial charge on any atom is -0.492 e. The number of amides is 1. The van der Waals surface area contributed by atoms with E-state index >= 15 is 0 Å². The van der Waals surface area contributed by atoms with E-state index in [4.69, 9.17) is 9.47 Å².